The molecule has 1 saturated heterocycles. The number of amides is 1. The quantitative estimate of drug-likeness (QED) is 0.442. The molecule has 5 rings (SSSR count). The molecule has 1 aliphatic rings. The molecule has 1 aliphatic heterocycles. The van der Waals surface area contributed by atoms with Crippen molar-refractivity contribution in [3.8, 4) is 0 Å². The van der Waals surface area contributed by atoms with Gasteiger partial charge in [-0.15, -0.1) is 21.5 Å². The van der Waals surface area contributed by atoms with E-state index >= 15 is 0 Å². The van der Waals surface area contributed by atoms with Gasteiger partial charge in [-0.25, -0.2) is 4.98 Å². The van der Waals surface area contributed by atoms with Crippen LogP contribution < -0.4 is 0 Å². The Bertz CT molecular complexity index is 1170. The smallest absolute Gasteiger partial charge is 0.233 e. The standard InChI is InChI=1S/C21H21N5OS2/c1-2-25-15-8-4-3-7-14(15)19-20(25)22-21(24-23-19)29-13-18(27)26-11-5-9-16(26)17-10-6-12-28-17/h3-4,6-8,10,12,16H,2,5,9,11,13H2,1H3. The van der Waals surface area contributed by atoms with Gasteiger partial charge in [0.2, 0.25) is 11.1 Å². The molecular weight excluding hydrogens is 402 g/mol. The van der Waals surface area contributed by atoms with E-state index in [2.05, 4.69) is 51.3 Å². The van der Waals surface area contributed by atoms with Gasteiger partial charge in [0.1, 0.15) is 5.52 Å². The maximum atomic E-state index is 12.9. The van der Waals surface area contributed by atoms with Crippen LogP contribution >= 0.6 is 23.1 Å². The Morgan fingerprint density at radius 2 is 2.14 bits per heavy atom. The third kappa shape index (κ3) is 3.30. The highest BCUT2D eigenvalue weighted by Crippen LogP contribution is 2.35. The van der Waals surface area contributed by atoms with E-state index in [0.717, 1.165) is 48.0 Å². The average Bonchev–Trinajstić information content (AvgIpc) is 3.49. The van der Waals surface area contributed by atoms with Crippen LogP contribution in [0.25, 0.3) is 22.1 Å². The third-order valence-electron chi connectivity index (χ3n) is 5.44. The first kappa shape index (κ1) is 18.6. The van der Waals surface area contributed by atoms with E-state index in [4.69, 9.17) is 4.98 Å². The summed E-state index contributed by atoms with van der Waals surface area (Å²) in [6.45, 7) is 3.73. The summed E-state index contributed by atoms with van der Waals surface area (Å²) in [4.78, 5) is 20.9. The molecule has 0 bridgehead atoms. The summed E-state index contributed by atoms with van der Waals surface area (Å²) >= 11 is 3.10. The predicted molar refractivity (Wildman–Crippen MR) is 117 cm³/mol. The van der Waals surface area contributed by atoms with Crippen LogP contribution in [0.4, 0.5) is 0 Å². The van der Waals surface area contributed by atoms with Crippen molar-refractivity contribution in [1.29, 1.82) is 0 Å². The van der Waals surface area contributed by atoms with Crippen LogP contribution in [0.3, 0.4) is 0 Å². The Balaban J connectivity index is 1.37. The number of hydrogen-bond acceptors (Lipinski definition) is 6. The number of rotatable bonds is 5. The molecule has 8 heteroatoms. The van der Waals surface area contributed by atoms with Gasteiger partial charge in [0, 0.05) is 23.4 Å². The second-order valence-electron chi connectivity index (χ2n) is 7.08. The van der Waals surface area contributed by atoms with E-state index in [1.165, 1.54) is 16.6 Å². The normalized spacial score (nSPS) is 16.9. The zero-order valence-corrected chi connectivity index (χ0v) is 17.7. The van der Waals surface area contributed by atoms with Crippen LogP contribution in [0.2, 0.25) is 0 Å². The van der Waals surface area contributed by atoms with E-state index in [9.17, 15) is 4.79 Å². The number of aryl methyl sites for hydroxylation is 1. The highest BCUT2D eigenvalue weighted by molar-refractivity contribution is 7.99. The lowest BCUT2D eigenvalue weighted by atomic mass is 10.2. The molecule has 148 valence electrons. The maximum Gasteiger partial charge on any atom is 0.233 e. The van der Waals surface area contributed by atoms with Gasteiger partial charge in [0.05, 0.1) is 17.3 Å². The van der Waals surface area contributed by atoms with E-state index < -0.39 is 0 Å². The van der Waals surface area contributed by atoms with Crippen LogP contribution in [0, 0.1) is 0 Å². The molecule has 4 heterocycles. The first-order valence-corrected chi connectivity index (χ1v) is 11.7. The molecule has 1 unspecified atom stereocenters. The Kier molecular flexibility index (Phi) is 4.97. The van der Waals surface area contributed by atoms with E-state index in [-0.39, 0.29) is 11.9 Å². The van der Waals surface area contributed by atoms with Crippen molar-refractivity contribution < 1.29 is 4.79 Å². The van der Waals surface area contributed by atoms with Crippen LogP contribution in [0.1, 0.15) is 30.7 Å². The van der Waals surface area contributed by atoms with Crippen LogP contribution in [-0.2, 0) is 11.3 Å². The average molecular weight is 424 g/mol. The molecule has 1 amide bonds. The van der Waals surface area contributed by atoms with Crippen molar-refractivity contribution in [2.24, 2.45) is 0 Å². The molecule has 1 aromatic carbocycles. The molecule has 3 aromatic heterocycles. The Morgan fingerprint density at radius 3 is 2.97 bits per heavy atom. The monoisotopic (exact) mass is 423 g/mol. The number of thioether (sulfide) groups is 1. The fraction of sp³-hybridized carbons (Fsp3) is 0.333. The highest BCUT2D eigenvalue weighted by atomic mass is 32.2. The van der Waals surface area contributed by atoms with Gasteiger partial charge in [-0.3, -0.25) is 4.79 Å². The molecule has 6 nitrogen and oxygen atoms in total. The number of thiophene rings is 1. The summed E-state index contributed by atoms with van der Waals surface area (Å²) in [5.41, 5.74) is 2.76. The predicted octanol–water partition coefficient (Wildman–Crippen LogP) is 4.52. The number of hydrogen-bond donors (Lipinski definition) is 0. The molecule has 0 aliphatic carbocycles. The number of carbonyl (C=O) groups excluding carboxylic acids is 1. The maximum absolute atomic E-state index is 12.9. The first-order chi connectivity index (χ1) is 14.3. The lowest BCUT2D eigenvalue weighted by molar-refractivity contribution is -0.129. The van der Waals surface area contributed by atoms with Crippen molar-refractivity contribution in [3.63, 3.8) is 0 Å². The van der Waals surface area contributed by atoms with Gasteiger partial charge >= 0.3 is 0 Å². The van der Waals surface area contributed by atoms with Crippen molar-refractivity contribution >= 4 is 51.1 Å². The van der Waals surface area contributed by atoms with Gasteiger partial charge < -0.3 is 9.47 Å². The Labute approximate surface area is 176 Å². The van der Waals surface area contributed by atoms with E-state index in [1.54, 1.807) is 11.3 Å². The van der Waals surface area contributed by atoms with E-state index in [0.29, 0.717) is 10.9 Å². The summed E-state index contributed by atoms with van der Waals surface area (Å²) in [5.74, 6) is 0.479. The SMILES string of the molecule is CCn1c2ccccc2c2nnc(SCC(=O)N3CCCC3c3cccs3)nc21. The van der Waals surface area contributed by atoms with Gasteiger partial charge in [0.15, 0.2) is 5.65 Å². The number of carbonyl (C=O) groups is 1. The number of aromatic nitrogens is 4. The number of nitrogens with zero attached hydrogens (tertiary/aromatic N) is 5. The second-order valence-corrected chi connectivity index (χ2v) is 9.00. The topological polar surface area (TPSA) is 63.9 Å². The fourth-order valence-electron chi connectivity index (χ4n) is 4.12. The van der Waals surface area contributed by atoms with Crippen molar-refractivity contribution in [2.75, 3.05) is 12.3 Å². The number of fused-ring (bicyclic) bond motifs is 3. The first-order valence-electron chi connectivity index (χ1n) is 9.83. The minimum absolute atomic E-state index is 0.144. The molecule has 4 aromatic rings. The van der Waals surface area contributed by atoms with Gasteiger partial charge in [-0.2, -0.15) is 0 Å². The summed E-state index contributed by atoms with van der Waals surface area (Å²) in [7, 11) is 0. The zero-order valence-electron chi connectivity index (χ0n) is 16.1. The zero-order chi connectivity index (χ0) is 19.8. The highest BCUT2D eigenvalue weighted by Gasteiger charge is 2.30. The van der Waals surface area contributed by atoms with Crippen molar-refractivity contribution in [2.45, 2.75) is 37.5 Å². The minimum Gasteiger partial charge on any atom is -0.334 e. The molecule has 0 N–H and O–H groups in total. The molecular formula is C21H21N5OS2. The molecule has 0 radical (unpaired) electrons. The van der Waals surface area contributed by atoms with Crippen molar-refractivity contribution in [3.05, 3.63) is 46.7 Å². The van der Waals surface area contributed by atoms with Crippen LogP contribution in [0.15, 0.2) is 46.9 Å². The Hall–Kier alpha value is -2.45. The third-order valence-corrected chi connectivity index (χ3v) is 7.24. The number of likely N-dealkylation sites (tertiary alicyclic amines) is 1. The summed E-state index contributed by atoms with van der Waals surface area (Å²) < 4.78 is 2.15. The van der Waals surface area contributed by atoms with Gasteiger partial charge in [-0.1, -0.05) is 36.0 Å². The minimum atomic E-state index is 0.144. The number of benzene rings is 1. The molecule has 29 heavy (non-hydrogen) atoms. The molecule has 0 saturated carbocycles. The largest absolute Gasteiger partial charge is 0.334 e. The van der Waals surface area contributed by atoms with Gasteiger partial charge in [0.25, 0.3) is 0 Å². The molecule has 1 atom stereocenters. The van der Waals surface area contributed by atoms with E-state index in [1.807, 2.05) is 17.0 Å². The van der Waals surface area contributed by atoms with Crippen molar-refractivity contribution in [1.82, 2.24) is 24.6 Å². The Morgan fingerprint density at radius 1 is 1.24 bits per heavy atom. The summed E-state index contributed by atoms with van der Waals surface area (Å²) in [6.07, 6.45) is 2.09. The van der Waals surface area contributed by atoms with Crippen LogP contribution in [-0.4, -0.2) is 42.9 Å². The van der Waals surface area contributed by atoms with Gasteiger partial charge in [-0.05, 0) is 37.3 Å². The molecule has 0 spiro atoms. The lowest BCUT2D eigenvalue weighted by Crippen LogP contribution is -2.31. The fourth-order valence-corrected chi connectivity index (χ4v) is 5.66. The second kappa shape index (κ2) is 7.76. The summed E-state index contributed by atoms with van der Waals surface area (Å²) in [6, 6.07) is 12.5. The van der Waals surface area contributed by atoms with Crippen LogP contribution in [0.5, 0.6) is 0 Å². The molecule has 1 fully saturated rings. The number of para-hydroxylation sites is 1. The lowest BCUT2D eigenvalue weighted by Gasteiger charge is -2.23. The summed E-state index contributed by atoms with van der Waals surface area (Å²) in [5, 5.41) is 12.4.